The first kappa shape index (κ1) is 16.4. The summed E-state index contributed by atoms with van der Waals surface area (Å²) < 4.78 is 37.2. The molecule has 8 heteroatoms. The van der Waals surface area contributed by atoms with Gasteiger partial charge in [-0.25, -0.2) is 0 Å². The minimum absolute atomic E-state index is 0.0477. The maximum Gasteiger partial charge on any atom is 0.306 e. The van der Waals surface area contributed by atoms with Crippen molar-refractivity contribution >= 4 is 16.2 Å². The number of carbonyl (C=O) groups excluding carboxylic acids is 1. The lowest BCUT2D eigenvalue weighted by molar-refractivity contribution is -0.140. The van der Waals surface area contributed by atoms with E-state index in [9.17, 15) is 13.2 Å². The third kappa shape index (κ3) is 4.72. The molecule has 1 heterocycles. The zero-order chi connectivity index (χ0) is 14.5. The Morgan fingerprint density at radius 2 is 2.21 bits per heavy atom. The summed E-state index contributed by atoms with van der Waals surface area (Å²) in [6, 6.07) is 0. The van der Waals surface area contributed by atoms with Crippen molar-refractivity contribution in [2.24, 2.45) is 0 Å². The lowest BCUT2D eigenvalue weighted by Gasteiger charge is -2.27. The van der Waals surface area contributed by atoms with Gasteiger partial charge in [0, 0.05) is 33.3 Å². The van der Waals surface area contributed by atoms with Crippen molar-refractivity contribution in [3.05, 3.63) is 0 Å². The van der Waals surface area contributed by atoms with E-state index < -0.39 is 16.2 Å². The van der Waals surface area contributed by atoms with E-state index in [1.165, 1.54) is 22.8 Å². The molecule has 1 unspecified atom stereocenters. The molecule has 0 aromatic rings. The molecule has 0 amide bonds. The van der Waals surface area contributed by atoms with Gasteiger partial charge in [0.2, 0.25) is 0 Å². The molecule has 7 nitrogen and oxygen atoms in total. The molecule has 1 aliphatic rings. The van der Waals surface area contributed by atoms with Crippen molar-refractivity contribution in [3.8, 4) is 0 Å². The second-order valence-electron chi connectivity index (χ2n) is 4.55. The highest BCUT2D eigenvalue weighted by Gasteiger charge is 2.29. The quantitative estimate of drug-likeness (QED) is 0.658. The molecule has 1 fully saturated rings. The van der Waals surface area contributed by atoms with Gasteiger partial charge in [-0.2, -0.15) is 17.0 Å². The Morgan fingerprint density at radius 3 is 2.84 bits per heavy atom. The maximum atomic E-state index is 12.3. The lowest BCUT2D eigenvalue weighted by Crippen LogP contribution is -2.45. The summed E-state index contributed by atoms with van der Waals surface area (Å²) in [5, 5.41) is 0. The van der Waals surface area contributed by atoms with Crippen molar-refractivity contribution in [1.82, 2.24) is 8.61 Å². The third-order valence-corrected chi connectivity index (χ3v) is 4.95. The van der Waals surface area contributed by atoms with Crippen LogP contribution in [0, 0.1) is 0 Å². The fourth-order valence-electron chi connectivity index (χ4n) is 1.83. The van der Waals surface area contributed by atoms with Crippen LogP contribution in [-0.2, 0) is 24.5 Å². The summed E-state index contributed by atoms with van der Waals surface area (Å²) in [7, 11) is -0.794. The molecule has 1 rings (SSSR count). The van der Waals surface area contributed by atoms with Crippen molar-refractivity contribution in [3.63, 3.8) is 0 Å². The summed E-state index contributed by atoms with van der Waals surface area (Å²) in [6.45, 7) is 3.31. The molecule has 0 aromatic heterocycles. The summed E-state index contributed by atoms with van der Waals surface area (Å²) in [5.41, 5.74) is 0. The number of esters is 1. The van der Waals surface area contributed by atoms with Crippen LogP contribution >= 0.6 is 0 Å². The SMILES string of the molecule is COC(=O)CCN(C)S(=O)(=O)N1CCCOC(C)C1. The van der Waals surface area contributed by atoms with Crippen LogP contribution in [0.25, 0.3) is 0 Å². The van der Waals surface area contributed by atoms with Gasteiger partial charge in [0.05, 0.1) is 19.6 Å². The van der Waals surface area contributed by atoms with E-state index in [0.717, 1.165) is 0 Å². The maximum absolute atomic E-state index is 12.3. The summed E-state index contributed by atoms with van der Waals surface area (Å²) in [6.07, 6.45) is 0.604. The van der Waals surface area contributed by atoms with E-state index in [4.69, 9.17) is 4.74 Å². The fraction of sp³-hybridized carbons (Fsp3) is 0.909. The van der Waals surface area contributed by atoms with E-state index in [-0.39, 0.29) is 19.1 Å². The van der Waals surface area contributed by atoms with Crippen LogP contribution in [0.15, 0.2) is 0 Å². The second-order valence-corrected chi connectivity index (χ2v) is 6.58. The molecule has 0 saturated carbocycles. The smallest absolute Gasteiger partial charge is 0.306 e. The van der Waals surface area contributed by atoms with Crippen molar-refractivity contribution < 1.29 is 22.7 Å². The zero-order valence-corrected chi connectivity index (χ0v) is 12.5. The molecule has 0 spiro atoms. The van der Waals surface area contributed by atoms with E-state index in [0.29, 0.717) is 26.1 Å². The first-order chi connectivity index (χ1) is 8.87. The number of hydrogen-bond donors (Lipinski definition) is 0. The molecule has 1 aliphatic heterocycles. The number of methoxy groups -OCH3 is 1. The Hall–Kier alpha value is -0.700. The molecule has 1 saturated heterocycles. The molecular weight excluding hydrogens is 272 g/mol. The van der Waals surface area contributed by atoms with Crippen LogP contribution < -0.4 is 0 Å². The first-order valence-electron chi connectivity index (χ1n) is 6.27. The molecule has 19 heavy (non-hydrogen) atoms. The lowest BCUT2D eigenvalue weighted by atomic mass is 10.4. The standard InChI is InChI=1S/C11H22N2O5S/c1-10-9-13(6-4-8-18-10)19(15,16)12(2)7-5-11(14)17-3/h10H,4-9H2,1-3H3. The van der Waals surface area contributed by atoms with Gasteiger partial charge >= 0.3 is 5.97 Å². The van der Waals surface area contributed by atoms with Crippen LogP contribution in [0.5, 0.6) is 0 Å². The van der Waals surface area contributed by atoms with Gasteiger partial charge < -0.3 is 9.47 Å². The van der Waals surface area contributed by atoms with Crippen LogP contribution in [0.1, 0.15) is 19.8 Å². The molecular formula is C11H22N2O5S. The van der Waals surface area contributed by atoms with Crippen molar-refractivity contribution in [1.29, 1.82) is 0 Å². The van der Waals surface area contributed by atoms with Gasteiger partial charge in [-0.1, -0.05) is 0 Å². The van der Waals surface area contributed by atoms with Gasteiger partial charge in [-0.05, 0) is 13.3 Å². The highest BCUT2D eigenvalue weighted by Crippen LogP contribution is 2.13. The summed E-state index contributed by atoms with van der Waals surface area (Å²) >= 11 is 0. The molecule has 112 valence electrons. The normalized spacial score (nSPS) is 22.2. The summed E-state index contributed by atoms with van der Waals surface area (Å²) in [4.78, 5) is 11.0. The molecule has 0 radical (unpaired) electrons. The number of carbonyl (C=O) groups is 1. The average Bonchev–Trinajstić information content (AvgIpc) is 2.60. The fourth-order valence-corrected chi connectivity index (χ4v) is 3.30. The Morgan fingerprint density at radius 1 is 1.53 bits per heavy atom. The predicted octanol–water partition coefficient (Wildman–Crippen LogP) is -0.163. The van der Waals surface area contributed by atoms with Crippen LogP contribution in [0.2, 0.25) is 0 Å². The van der Waals surface area contributed by atoms with Crippen molar-refractivity contribution in [2.75, 3.05) is 40.4 Å². The Labute approximate surface area is 114 Å². The second kappa shape index (κ2) is 7.18. The topological polar surface area (TPSA) is 76.2 Å². The van der Waals surface area contributed by atoms with Crippen LogP contribution in [-0.4, -0.2) is 69.5 Å². The van der Waals surface area contributed by atoms with Crippen molar-refractivity contribution in [2.45, 2.75) is 25.9 Å². The van der Waals surface area contributed by atoms with Gasteiger partial charge in [-0.15, -0.1) is 0 Å². The number of nitrogens with zero attached hydrogens (tertiary/aromatic N) is 2. The Bertz CT molecular complexity index is 398. The van der Waals surface area contributed by atoms with E-state index in [2.05, 4.69) is 4.74 Å². The largest absolute Gasteiger partial charge is 0.469 e. The van der Waals surface area contributed by atoms with E-state index >= 15 is 0 Å². The molecule has 0 aromatic carbocycles. The zero-order valence-electron chi connectivity index (χ0n) is 11.7. The van der Waals surface area contributed by atoms with E-state index in [1.807, 2.05) is 6.92 Å². The van der Waals surface area contributed by atoms with Crippen LogP contribution in [0.4, 0.5) is 0 Å². The monoisotopic (exact) mass is 294 g/mol. The molecule has 0 aliphatic carbocycles. The molecule has 1 atom stereocenters. The highest BCUT2D eigenvalue weighted by molar-refractivity contribution is 7.86. The highest BCUT2D eigenvalue weighted by atomic mass is 32.2. The van der Waals surface area contributed by atoms with E-state index in [1.54, 1.807) is 0 Å². The molecule has 0 bridgehead atoms. The molecule has 0 N–H and O–H groups in total. The summed E-state index contributed by atoms with van der Waals surface area (Å²) in [5.74, 6) is -0.422. The van der Waals surface area contributed by atoms with Crippen LogP contribution in [0.3, 0.4) is 0 Å². The predicted molar refractivity (Wildman–Crippen MR) is 69.8 cm³/mol. The number of hydrogen-bond acceptors (Lipinski definition) is 5. The minimum atomic E-state index is -3.54. The van der Waals surface area contributed by atoms with Gasteiger partial charge in [0.1, 0.15) is 0 Å². The Balaban J connectivity index is 2.64. The third-order valence-electron chi connectivity index (χ3n) is 2.99. The van der Waals surface area contributed by atoms with Gasteiger partial charge in [-0.3, -0.25) is 4.79 Å². The van der Waals surface area contributed by atoms with Gasteiger partial charge in [0.15, 0.2) is 0 Å². The first-order valence-corrected chi connectivity index (χ1v) is 7.67. The number of ether oxygens (including phenoxy) is 2. The average molecular weight is 294 g/mol. The van der Waals surface area contributed by atoms with Gasteiger partial charge in [0.25, 0.3) is 10.2 Å². The minimum Gasteiger partial charge on any atom is -0.469 e. The number of rotatable bonds is 5. The Kier molecular flexibility index (Phi) is 6.18.